The molecule has 2 N–H and O–H groups in total. The van der Waals surface area contributed by atoms with Crippen LogP contribution in [-0.4, -0.2) is 32.4 Å². The van der Waals surface area contributed by atoms with E-state index in [1.54, 1.807) is 10.7 Å². The van der Waals surface area contributed by atoms with Crippen LogP contribution in [0.15, 0.2) is 24.5 Å². The summed E-state index contributed by atoms with van der Waals surface area (Å²) in [5.74, 6) is 0.750. The Bertz CT molecular complexity index is 425. The number of fused-ring (bicyclic) bond motifs is 1. The fraction of sp³-hybridized carbons (Fsp3) is 0.333. The van der Waals surface area contributed by atoms with Gasteiger partial charge in [-0.15, -0.1) is 0 Å². The second-order valence-electron chi connectivity index (χ2n) is 3.17. The van der Waals surface area contributed by atoms with Gasteiger partial charge in [0.2, 0.25) is 0 Å². The van der Waals surface area contributed by atoms with Crippen molar-refractivity contribution in [2.45, 2.75) is 13.0 Å². The molecule has 1 atom stereocenters. The van der Waals surface area contributed by atoms with E-state index in [1.165, 1.54) is 0 Å². The van der Waals surface area contributed by atoms with Gasteiger partial charge in [-0.2, -0.15) is 5.10 Å². The number of rotatable bonds is 3. The number of hydrogen-bond acceptors (Lipinski definition) is 4. The second-order valence-corrected chi connectivity index (χ2v) is 3.17. The molecule has 0 fully saturated rings. The van der Waals surface area contributed by atoms with Crippen LogP contribution in [0.2, 0.25) is 0 Å². The largest absolute Gasteiger partial charge is 0.394 e. The Hall–Kier alpha value is -1.62. The van der Waals surface area contributed by atoms with Gasteiger partial charge in [0, 0.05) is 18.3 Å². The summed E-state index contributed by atoms with van der Waals surface area (Å²) in [6.45, 7) is 1.98. The number of hydrogen-bond donors (Lipinski definition) is 2. The van der Waals surface area contributed by atoms with Crippen molar-refractivity contribution < 1.29 is 5.11 Å². The number of anilines is 1. The SMILES string of the molecule is C[C@@H](CO)Nc1ccn2nccc2n1. The molecule has 0 unspecified atom stereocenters. The minimum Gasteiger partial charge on any atom is -0.394 e. The molecule has 5 heteroatoms. The third-order valence-electron chi connectivity index (χ3n) is 1.93. The smallest absolute Gasteiger partial charge is 0.157 e. The monoisotopic (exact) mass is 192 g/mol. The molecule has 2 aromatic heterocycles. The van der Waals surface area contributed by atoms with Gasteiger partial charge in [0.1, 0.15) is 5.82 Å². The van der Waals surface area contributed by atoms with Gasteiger partial charge in [0.05, 0.1) is 12.8 Å². The first-order valence-corrected chi connectivity index (χ1v) is 4.47. The van der Waals surface area contributed by atoms with E-state index in [4.69, 9.17) is 5.11 Å². The van der Waals surface area contributed by atoms with Crippen molar-refractivity contribution in [3.8, 4) is 0 Å². The second kappa shape index (κ2) is 3.63. The molecule has 0 amide bonds. The van der Waals surface area contributed by atoms with E-state index in [-0.39, 0.29) is 12.6 Å². The maximum Gasteiger partial charge on any atom is 0.157 e. The zero-order valence-electron chi connectivity index (χ0n) is 7.88. The molecule has 2 rings (SSSR count). The minimum absolute atomic E-state index is 0.00729. The van der Waals surface area contributed by atoms with E-state index in [0.29, 0.717) is 0 Å². The summed E-state index contributed by atoms with van der Waals surface area (Å²) in [6, 6.07) is 3.66. The summed E-state index contributed by atoms with van der Waals surface area (Å²) in [6.07, 6.45) is 3.52. The molecule has 0 aliphatic carbocycles. The van der Waals surface area contributed by atoms with Crippen LogP contribution in [-0.2, 0) is 0 Å². The Kier molecular flexibility index (Phi) is 2.32. The van der Waals surface area contributed by atoms with Crippen LogP contribution in [0.4, 0.5) is 5.82 Å². The maximum absolute atomic E-state index is 8.86. The first kappa shape index (κ1) is 8.96. The average molecular weight is 192 g/mol. The summed E-state index contributed by atoms with van der Waals surface area (Å²) in [5.41, 5.74) is 0.792. The molecule has 0 spiro atoms. The Morgan fingerprint density at radius 2 is 2.43 bits per heavy atom. The molecule has 0 aliphatic heterocycles. The van der Waals surface area contributed by atoms with E-state index in [9.17, 15) is 0 Å². The van der Waals surface area contributed by atoms with Gasteiger partial charge in [-0.3, -0.25) is 0 Å². The van der Waals surface area contributed by atoms with Crippen molar-refractivity contribution in [2.24, 2.45) is 0 Å². The predicted molar refractivity (Wildman–Crippen MR) is 53.2 cm³/mol. The van der Waals surface area contributed by atoms with Crippen molar-refractivity contribution in [1.29, 1.82) is 0 Å². The molecule has 0 bridgehead atoms. The lowest BCUT2D eigenvalue weighted by atomic mass is 10.3. The van der Waals surface area contributed by atoms with Crippen LogP contribution in [0.25, 0.3) is 5.65 Å². The molecule has 14 heavy (non-hydrogen) atoms. The molecular formula is C9H12N4O. The molecule has 0 saturated heterocycles. The van der Waals surface area contributed by atoms with Gasteiger partial charge in [-0.05, 0) is 13.0 Å². The fourth-order valence-corrected chi connectivity index (χ4v) is 1.19. The lowest BCUT2D eigenvalue weighted by Gasteiger charge is -2.10. The van der Waals surface area contributed by atoms with Crippen LogP contribution in [0.1, 0.15) is 6.92 Å². The van der Waals surface area contributed by atoms with Crippen molar-refractivity contribution in [3.05, 3.63) is 24.5 Å². The Morgan fingerprint density at radius 3 is 3.21 bits per heavy atom. The Balaban J connectivity index is 2.25. The van der Waals surface area contributed by atoms with Crippen LogP contribution in [0.3, 0.4) is 0 Å². The van der Waals surface area contributed by atoms with Crippen LogP contribution in [0, 0.1) is 0 Å². The highest BCUT2D eigenvalue weighted by molar-refractivity contribution is 5.45. The quantitative estimate of drug-likeness (QED) is 0.744. The number of aromatic nitrogens is 3. The summed E-state index contributed by atoms with van der Waals surface area (Å²) < 4.78 is 1.69. The molecule has 5 nitrogen and oxygen atoms in total. The number of nitrogens with zero attached hydrogens (tertiary/aromatic N) is 3. The average Bonchev–Trinajstić information content (AvgIpc) is 2.64. The molecular weight excluding hydrogens is 180 g/mol. The summed E-state index contributed by atoms with van der Waals surface area (Å²) >= 11 is 0. The van der Waals surface area contributed by atoms with Crippen molar-refractivity contribution in [3.63, 3.8) is 0 Å². The highest BCUT2D eigenvalue weighted by Gasteiger charge is 2.01. The third kappa shape index (κ3) is 1.67. The van der Waals surface area contributed by atoms with Gasteiger partial charge in [-0.25, -0.2) is 9.50 Å². The van der Waals surface area contributed by atoms with Gasteiger partial charge < -0.3 is 10.4 Å². The van der Waals surface area contributed by atoms with Crippen LogP contribution < -0.4 is 5.32 Å². The lowest BCUT2D eigenvalue weighted by molar-refractivity contribution is 0.281. The first-order chi connectivity index (χ1) is 6.79. The van der Waals surface area contributed by atoms with E-state index >= 15 is 0 Å². The van der Waals surface area contributed by atoms with Crippen molar-refractivity contribution in [1.82, 2.24) is 14.6 Å². The van der Waals surface area contributed by atoms with Gasteiger partial charge >= 0.3 is 0 Å². The summed E-state index contributed by atoms with van der Waals surface area (Å²) in [7, 11) is 0. The minimum atomic E-state index is 0.00729. The topological polar surface area (TPSA) is 62.5 Å². The Morgan fingerprint density at radius 1 is 1.57 bits per heavy atom. The fourth-order valence-electron chi connectivity index (χ4n) is 1.19. The summed E-state index contributed by atoms with van der Waals surface area (Å²) in [5, 5.41) is 16.0. The number of nitrogens with one attached hydrogen (secondary N) is 1. The molecule has 0 radical (unpaired) electrons. The van der Waals surface area contributed by atoms with Gasteiger partial charge in [0.15, 0.2) is 5.65 Å². The van der Waals surface area contributed by atoms with E-state index in [1.807, 2.05) is 25.3 Å². The highest BCUT2D eigenvalue weighted by Crippen LogP contribution is 2.06. The molecule has 0 aromatic carbocycles. The van der Waals surface area contributed by atoms with Crippen molar-refractivity contribution in [2.75, 3.05) is 11.9 Å². The molecule has 2 heterocycles. The predicted octanol–water partition coefficient (Wildman–Crippen LogP) is 0.522. The van der Waals surface area contributed by atoms with Crippen molar-refractivity contribution >= 4 is 11.5 Å². The van der Waals surface area contributed by atoms with E-state index < -0.39 is 0 Å². The van der Waals surface area contributed by atoms with E-state index in [2.05, 4.69) is 15.4 Å². The molecule has 0 saturated carbocycles. The van der Waals surface area contributed by atoms with Crippen LogP contribution in [0.5, 0.6) is 0 Å². The standard InChI is InChI=1S/C9H12N4O/c1-7(6-14)11-8-3-5-13-9(12-8)2-4-10-13/h2-5,7,14H,6H2,1H3,(H,11,12)/t7-/m0/s1. The first-order valence-electron chi connectivity index (χ1n) is 4.47. The normalized spacial score (nSPS) is 13.0. The molecule has 2 aromatic rings. The van der Waals surface area contributed by atoms with Crippen LogP contribution >= 0.6 is 0 Å². The molecule has 0 aliphatic rings. The lowest BCUT2D eigenvalue weighted by Crippen LogP contribution is -2.20. The Labute approximate surface area is 81.4 Å². The zero-order valence-corrected chi connectivity index (χ0v) is 7.88. The highest BCUT2D eigenvalue weighted by atomic mass is 16.3. The zero-order chi connectivity index (χ0) is 9.97. The number of aliphatic hydroxyl groups is 1. The van der Waals surface area contributed by atoms with Gasteiger partial charge in [-0.1, -0.05) is 0 Å². The third-order valence-corrected chi connectivity index (χ3v) is 1.93. The number of aliphatic hydroxyl groups excluding tert-OH is 1. The molecule has 74 valence electrons. The summed E-state index contributed by atoms with van der Waals surface area (Å²) in [4.78, 5) is 4.30. The van der Waals surface area contributed by atoms with E-state index in [0.717, 1.165) is 11.5 Å². The maximum atomic E-state index is 8.86. The van der Waals surface area contributed by atoms with Gasteiger partial charge in [0.25, 0.3) is 0 Å².